The van der Waals surface area contributed by atoms with Crippen LogP contribution in [0.25, 0.3) is 11.2 Å². The van der Waals surface area contributed by atoms with E-state index in [0.29, 0.717) is 34.0 Å². The largest absolute Gasteiger partial charge is 0.454 e. The summed E-state index contributed by atoms with van der Waals surface area (Å²) < 4.78 is 7.24. The molecule has 0 aromatic carbocycles. The molecule has 0 aliphatic heterocycles. The summed E-state index contributed by atoms with van der Waals surface area (Å²) in [5.74, 6) is 1.09. The van der Waals surface area contributed by atoms with Crippen molar-refractivity contribution in [2.24, 2.45) is 7.05 Å². The van der Waals surface area contributed by atoms with Crippen molar-refractivity contribution in [2.45, 2.75) is 0 Å². The van der Waals surface area contributed by atoms with E-state index in [1.54, 1.807) is 23.7 Å². The topological polar surface area (TPSA) is 103 Å². The van der Waals surface area contributed by atoms with E-state index < -0.39 is 0 Å². The van der Waals surface area contributed by atoms with Gasteiger partial charge < -0.3 is 15.0 Å². The smallest absolute Gasteiger partial charge is 0.205 e. The zero-order valence-electron chi connectivity index (χ0n) is 10.9. The molecule has 0 unspecified atom stereocenters. The van der Waals surface area contributed by atoms with Gasteiger partial charge in [-0.25, -0.2) is 9.97 Å². The minimum atomic E-state index is 0.249. The summed E-state index contributed by atoms with van der Waals surface area (Å²) in [7, 11) is 1.70. The van der Waals surface area contributed by atoms with Crippen molar-refractivity contribution >= 4 is 28.6 Å². The number of aryl methyl sites for hydroxylation is 1. The SMILES string of the molecule is Cn1c(Cl)nc2ncc(Oc3ccnc(N)c3)c(C#N)c21. The van der Waals surface area contributed by atoms with Gasteiger partial charge in [0.1, 0.15) is 28.7 Å². The monoisotopic (exact) mass is 300 g/mol. The van der Waals surface area contributed by atoms with Crippen LogP contribution in [-0.2, 0) is 7.05 Å². The van der Waals surface area contributed by atoms with Crippen LogP contribution in [0.15, 0.2) is 24.5 Å². The van der Waals surface area contributed by atoms with Crippen molar-refractivity contribution in [1.29, 1.82) is 5.26 Å². The number of fused-ring (bicyclic) bond motifs is 1. The molecule has 0 saturated carbocycles. The van der Waals surface area contributed by atoms with Crippen molar-refractivity contribution < 1.29 is 4.74 Å². The van der Waals surface area contributed by atoms with Crippen LogP contribution in [0.5, 0.6) is 11.5 Å². The second-order valence-corrected chi connectivity index (χ2v) is 4.58. The van der Waals surface area contributed by atoms with E-state index in [-0.39, 0.29) is 5.28 Å². The minimum absolute atomic E-state index is 0.249. The first-order chi connectivity index (χ1) is 10.1. The number of nitrogen functional groups attached to an aromatic ring is 1. The van der Waals surface area contributed by atoms with Crippen LogP contribution in [0.1, 0.15) is 5.56 Å². The Labute approximate surface area is 124 Å². The highest BCUT2D eigenvalue weighted by Crippen LogP contribution is 2.30. The summed E-state index contributed by atoms with van der Waals surface area (Å²) in [6.07, 6.45) is 2.95. The molecule has 0 aliphatic carbocycles. The molecule has 0 bridgehead atoms. The highest BCUT2D eigenvalue weighted by atomic mass is 35.5. The number of hydrogen-bond donors (Lipinski definition) is 1. The zero-order valence-corrected chi connectivity index (χ0v) is 11.7. The molecule has 8 heteroatoms. The van der Waals surface area contributed by atoms with Crippen LogP contribution in [0.2, 0.25) is 5.28 Å². The maximum Gasteiger partial charge on any atom is 0.205 e. The van der Waals surface area contributed by atoms with Crippen molar-refractivity contribution in [2.75, 3.05) is 5.73 Å². The lowest BCUT2D eigenvalue weighted by Crippen LogP contribution is -1.96. The number of aromatic nitrogens is 4. The zero-order chi connectivity index (χ0) is 15.0. The number of pyridine rings is 2. The average Bonchev–Trinajstić information content (AvgIpc) is 2.75. The predicted octanol–water partition coefficient (Wildman–Crippen LogP) is 2.26. The minimum Gasteiger partial charge on any atom is -0.454 e. The normalized spacial score (nSPS) is 10.5. The number of ether oxygens (including phenoxy) is 1. The third-order valence-corrected chi connectivity index (χ3v) is 3.24. The maximum absolute atomic E-state index is 9.40. The standard InChI is InChI=1S/C13H9ClN6O/c1-20-11-8(5-15)9(6-18-12(11)19-13(20)14)21-7-2-3-17-10(16)4-7/h2-4,6H,1H3,(H2,16,17). The Morgan fingerprint density at radius 1 is 1.43 bits per heavy atom. The Balaban J connectivity index is 2.15. The molecule has 7 nitrogen and oxygen atoms in total. The van der Waals surface area contributed by atoms with Gasteiger partial charge in [-0.3, -0.25) is 0 Å². The van der Waals surface area contributed by atoms with E-state index >= 15 is 0 Å². The van der Waals surface area contributed by atoms with E-state index in [0.717, 1.165) is 0 Å². The number of nitrogens with two attached hydrogens (primary N) is 1. The number of nitrogens with zero attached hydrogens (tertiary/aromatic N) is 5. The van der Waals surface area contributed by atoms with Gasteiger partial charge in [0.05, 0.1) is 6.20 Å². The second-order valence-electron chi connectivity index (χ2n) is 4.24. The van der Waals surface area contributed by atoms with E-state index in [4.69, 9.17) is 22.1 Å². The molecule has 3 heterocycles. The fourth-order valence-corrected chi connectivity index (χ4v) is 2.10. The van der Waals surface area contributed by atoms with Crippen LogP contribution >= 0.6 is 11.6 Å². The molecule has 0 amide bonds. The van der Waals surface area contributed by atoms with Crippen molar-refractivity contribution in [3.05, 3.63) is 35.4 Å². The Hall–Kier alpha value is -2.85. The molecule has 21 heavy (non-hydrogen) atoms. The molecular formula is C13H9ClN6O. The molecule has 0 saturated heterocycles. The highest BCUT2D eigenvalue weighted by molar-refractivity contribution is 6.29. The lowest BCUT2D eigenvalue weighted by atomic mass is 10.2. The van der Waals surface area contributed by atoms with E-state index in [2.05, 4.69) is 21.0 Å². The fraction of sp³-hybridized carbons (Fsp3) is 0.0769. The molecule has 0 aliphatic rings. The molecule has 3 rings (SSSR count). The summed E-state index contributed by atoms with van der Waals surface area (Å²) in [5, 5.41) is 9.65. The quantitative estimate of drug-likeness (QED) is 0.778. The second kappa shape index (κ2) is 4.92. The molecule has 2 N–H and O–H groups in total. The van der Waals surface area contributed by atoms with Gasteiger partial charge in [0.25, 0.3) is 0 Å². The number of rotatable bonds is 2. The number of anilines is 1. The van der Waals surface area contributed by atoms with E-state index in [1.807, 2.05) is 0 Å². The Kier molecular flexibility index (Phi) is 3.08. The van der Waals surface area contributed by atoms with Crippen LogP contribution in [0.3, 0.4) is 0 Å². The summed E-state index contributed by atoms with van der Waals surface area (Å²) >= 11 is 5.95. The molecule has 0 atom stereocenters. The van der Waals surface area contributed by atoms with Crippen molar-refractivity contribution in [3.63, 3.8) is 0 Å². The molecule has 3 aromatic rings. The predicted molar refractivity (Wildman–Crippen MR) is 77.0 cm³/mol. The van der Waals surface area contributed by atoms with Crippen LogP contribution in [0.4, 0.5) is 5.82 Å². The van der Waals surface area contributed by atoms with Gasteiger partial charge >= 0.3 is 0 Å². The van der Waals surface area contributed by atoms with Gasteiger partial charge in [0.15, 0.2) is 11.4 Å². The van der Waals surface area contributed by atoms with Crippen molar-refractivity contribution in [1.82, 2.24) is 19.5 Å². The summed E-state index contributed by atoms with van der Waals surface area (Å²) in [4.78, 5) is 12.1. The van der Waals surface area contributed by atoms with Gasteiger partial charge in [-0.1, -0.05) is 0 Å². The lowest BCUT2D eigenvalue weighted by Gasteiger charge is -2.08. The van der Waals surface area contributed by atoms with Gasteiger partial charge in [-0.2, -0.15) is 10.2 Å². The third-order valence-electron chi connectivity index (χ3n) is 2.90. The molecule has 3 aromatic heterocycles. The number of hydrogen-bond acceptors (Lipinski definition) is 6. The molecule has 0 spiro atoms. The highest BCUT2D eigenvalue weighted by Gasteiger charge is 2.17. The van der Waals surface area contributed by atoms with Crippen molar-refractivity contribution in [3.8, 4) is 17.6 Å². The van der Waals surface area contributed by atoms with Crippen LogP contribution in [0, 0.1) is 11.3 Å². The Morgan fingerprint density at radius 2 is 2.24 bits per heavy atom. The fourth-order valence-electron chi connectivity index (χ4n) is 1.93. The first-order valence-electron chi connectivity index (χ1n) is 5.90. The van der Waals surface area contributed by atoms with Gasteiger partial charge in [0.2, 0.25) is 5.28 Å². The summed E-state index contributed by atoms with van der Waals surface area (Å²) in [6, 6.07) is 5.29. The maximum atomic E-state index is 9.40. The number of imidazole rings is 1. The molecular weight excluding hydrogens is 292 g/mol. The van der Waals surface area contributed by atoms with Gasteiger partial charge in [-0.15, -0.1) is 0 Å². The molecule has 104 valence electrons. The van der Waals surface area contributed by atoms with E-state index in [1.165, 1.54) is 12.4 Å². The summed E-state index contributed by atoms with van der Waals surface area (Å²) in [5.41, 5.74) is 6.81. The summed E-state index contributed by atoms with van der Waals surface area (Å²) in [6.45, 7) is 0. The first kappa shape index (κ1) is 13.1. The number of halogens is 1. The number of nitriles is 1. The molecule has 0 radical (unpaired) electrons. The van der Waals surface area contributed by atoms with Crippen LogP contribution in [-0.4, -0.2) is 19.5 Å². The first-order valence-corrected chi connectivity index (χ1v) is 6.28. The lowest BCUT2D eigenvalue weighted by molar-refractivity contribution is 0.479. The third kappa shape index (κ3) is 2.22. The Bertz CT molecular complexity index is 882. The van der Waals surface area contributed by atoms with E-state index in [9.17, 15) is 5.26 Å². The van der Waals surface area contributed by atoms with Gasteiger partial charge in [0, 0.05) is 19.3 Å². The van der Waals surface area contributed by atoms with Crippen LogP contribution < -0.4 is 10.5 Å². The molecule has 0 fully saturated rings. The average molecular weight is 301 g/mol. The van der Waals surface area contributed by atoms with Gasteiger partial charge in [-0.05, 0) is 17.7 Å². The Morgan fingerprint density at radius 3 is 2.95 bits per heavy atom.